The molecular formula is C13H19N3O9-6. The average Bonchev–Trinajstić information content (AvgIpc) is 2.54. The van der Waals surface area contributed by atoms with Crippen LogP contribution in [0.5, 0.6) is 0 Å². The van der Waals surface area contributed by atoms with Gasteiger partial charge in [0.05, 0.1) is 18.5 Å². The fourth-order valence-electron chi connectivity index (χ4n) is 2.71. The van der Waals surface area contributed by atoms with E-state index in [9.17, 15) is 40.2 Å². The molecule has 7 atom stereocenters. The summed E-state index contributed by atoms with van der Waals surface area (Å²) in [5.41, 5.74) is 0. The third-order valence-corrected chi connectivity index (χ3v) is 3.94. The molecule has 0 bridgehead atoms. The molecule has 0 spiro atoms. The largest absolute Gasteiger partial charge is 0.853 e. The molecule has 25 heavy (non-hydrogen) atoms. The van der Waals surface area contributed by atoms with Crippen molar-refractivity contribution in [3.63, 3.8) is 0 Å². The maximum atomic E-state index is 12.4. The Morgan fingerprint density at radius 1 is 0.880 bits per heavy atom. The van der Waals surface area contributed by atoms with Gasteiger partial charge in [-0.15, -0.1) is 6.61 Å². The summed E-state index contributed by atoms with van der Waals surface area (Å²) >= 11 is 0. The summed E-state index contributed by atoms with van der Waals surface area (Å²) in [5, 5.41) is 84.9. The minimum Gasteiger partial charge on any atom is -0.853 e. The quantitative estimate of drug-likeness (QED) is 0.284. The number of aliphatic hydroxyl groups is 1. The van der Waals surface area contributed by atoms with E-state index in [1.165, 1.54) is 0 Å². The van der Waals surface area contributed by atoms with Gasteiger partial charge in [0, 0.05) is 19.1 Å². The smallest absolute Gasteiger partial charge is 0.0571 e. The van der Waals surface area contributed by atoms with Gasteiger partial charge >= 0.3 is 0 Å². The molecule has 0 heterocycles. The van der Waals surface area contributed by atoms with Crippen molar-refractivity contribution < 1.29 is 45.3 Å². The van der Waals surface area contributed by atoms with Crippen LogP contribution in [0, 0.1) is 0 Å². The fourth-order valence-corrected chi connectivity index (χ4v) is 2.71. The van der Waals surface area contributed by atoms with Gasteiger partial charge < -0.3 is 61.3 Å². The van der Waals surface area contributed by atoms with E-state index >= 15 is 0 Å². The van der Waals surface area contributed by atoms with Crippen LogP contribution in [0.1, 0.15) is 0 Å². The van der Waals surface area contributed by atoms with Crippen LogP contribution in [-0.2, 0) is 9.59 Å². The van der Waals surface area contributed by atoms with Crippen LogP contribution in [-0.4, -0.2) is 85.8 Å². The maximum Gasteiger partial charge on any atom is 0.0571 e. The summed E-state index contributed by atoms with van der Waals surface area (Å²) in [6, 6.07) is -5.74. The zero-order valence-electron chi connectivity index (χ0n) is 13.1. The first-order valence-electron chi connectivity index (χ1n) is 7.51. The first kappa shape index (κ1) is 21.7. The third-order valence-electron chi connectivity index (χ3n) is 3.94. The predicted molar refractivity (Wildman–Crippen MR) is 67.6 cm³/mol. The van der Waals surface area contributed by atoms with Crippen LogP contribution in [0.25, 0.3) is 0 Å². The molecule has 0 saturated heterocycles. The monoisotopic (exact) mass is 361 g/mol. The number of aliphatic hydroxyl groups excluding tert-OH is 1. The van der Waals surface area contributed by atoms with Crippen LogP contribution >= 0.6 is 0 Å². The van der Waals surface area contributed by atoms with E-state index < -0.39 is 80.7 Å². The first-order chi connectivity index (χ1) is 11.7. The minimum absolute atomic E-state index is 0.658. The highest BCUT2D eigenvalue weighted by Gasteiger charge is 2.36. The zero-order chi connectivity index (χ0) is 19.1. The molecule has 4 N–H and O–H groups in total. The van der Waals surface area contributed by atoms with E-state index in [-0.39, 0.29) is 0 Å². The van der Waals surface area contributed by atoms with E-state index in [2.05, 4.69) is 16.0 Å². The van der Waals surface area contributed by atoms with Gasteiger partial charge in [0.15, 0.2) is 0 Å². The summed E-state index contributed by atoms with van der Waals surface area (Å²) in [6.45, 7) is -3.15. The van der Waals surface area contributed by atoms with Crippen molar-refractivity contribution in [1.29, 1.82) is 0 Å². The van der Waals surface area contributed by atoms with E-state index in [0.717, 1.165) is 0 Å². The lowest BCUT2D eigenvalue weighted by Crippen LogP contribution is -2.82. The van der Waals surface area contributed by atoms with E-state index in [4.69, 9.17) is 5.11 Å². The summed E-state index contributed by atoms with van der Waals surface area (Å²) in [4.78, 5) is 21.1. The Labute approximate surface area is 143 Å². The number of aliphatic carboxylic acids is 2. The van der Waals surface area contributed by atoms with Crippen LogP contribution in [0.2, 0.25) is 0 Å². The Hall–Kier alpha value is -1.38. The molecular weight excluding hydrogens is 342 g/mol. The summed E-state index contributed by atoms with van der Waals surface area (Å²) in [6.07, 6.45) is -5.79. The second-order valence-corrected chi connectivity index (χ2v) is 5.69. The number of hydrogen-bond donors (Lipinski definition) is 4. The van der Waals surface area contributed by atoms with Crippen LogP contribution in [0.15, 0.2) is 0 Å². The second kappa shape index (κ2) is 9.94. The van der Waals surface area contributed by atoms with Crippen molar-refractivity contribution in [3.8, 4) is 0 Å². The van der Waals surface area contributed by atoms with Gasteiger partial charge in [-0.2, -0.15) is 0 Å². The molecule has 1 saturated carbocycles. The van der Waals surface area contributed by atoms with Crippen molar-refractivity contribution in [2.75, 3.05) is 26.3 Å². The highest BCUT2D eigenvalue weighted by atomic mass is 16.4. The van der Waals surface area contributed by atoms with Crippen molar-refractivity contribution in [1.82, 2.24) is 16.0 Å². The lowest BCUT2D eigenvalue weighted by Gasteiger charge is -2.62. The van der Waals surface area contributed by atoms with Crippen molar-refractivity contribution >= 4 is 11.9 Å². The Kier molecular flexibility index (Phi) is 8.61. The van der Waals surface area contributed by atoms with Crippen molar-refractivity contribution in [2.45, 2.75) is 42.5 Å². The molecule has 12 nitrogen and oxygen atoms in total. The Bertz CT molecular complexity index is 416. The van der Waals surface area contributed by atoms with Crippen LogP contribution in [0.4, 0.5) is 0 Å². The van der Waals surface area contributed by atoms with Gasteiger partial charge in [0.25, 0.3) is 0 Å². The second-order valence-electron chi connectivity index (χ2n) is 5.69. The minimum atomic E-state index is -1.94. The van der Waals surface area contributed by atoms with Gasteiger partial charge in [-0.1, -0.05) is 18.3 Å². The molecule has 0 aromatic rings. The molecule has 1 fully saturated rings. The molecule has 1 rings (SSSR count). The number of carboxylic acids is 2. The van der Waals surface area contributed by atoms with Gasteiger partial charge in [-0.05, 0) is 18.1 Å². The van der Waals surface area contributed by atoms with E-state index in [0.29, 0.717) is 0 Å². The molecule has 0 aliphatic heterocycles. The Morgan fingerprint density at radius 2 is 1.28 bits per heavy atom. The van der Waals surface area contributed by atoms with Gasteiger partial charge in [0.1, 0.15) is 0 Å². The molecule has 1 aliphatic carbocycles. The number of nitrogens with one attached hydrogen (secondary N) is 3. The van der Waals surface area contributed by atoms with Crippen molar-refractivity contribution in [3.05, 3.63) is 0 Å². The third kappa shape index (κ3) is 5.83. The number of rotatable bonds is 10. The average molecular weight is 361 g/mol. The Morgan fingerprint density at radius 3 is 1.60 bits per heavy atom. The Balaban J connectivity index is 2.99. The standard InChI is InChI=1S/C13H21N3O9/c17-3-5(4-18)16-10-12(24)8(14-1-6(19)20)11(23)9(13(10)25)15-2-7(21)22/h5,8-17H,1-4H2,(H,19,20)(H,21,22)/q-4/p-2/t5?,8-,9+,10?,11?,12-,13+. The van der Waals surface area contributed by atoms with E-state index in [1.54, 1.807) is 0 Å². The number of carbonyl (C=O) groups is 2. The summed E-state index contributed by atoms with van der Waals surface area (Å²) in [5.74, 6) is -3.17. The van der Waals surface area contributed by atoms with Gasteiger partial charge in [-0.3, -0.25) is 0 Å². The predicted octanol–water partition coefficient (Wildman–Crippen LogP) is -10.7. The number of hydrogen-bond acceptors (Lipinski definition) is 12. The molecule has 0 amide bonds. The van der Waals surface area contributed by atoms with Crippen molar-refractivity contribution in [2.24, 2.45) is 0 Å². The fraction of sp³-hybridized carbons (Fsp3) is 0.846. The SMILES string of the molecule is O=C([O-])CN[C@@H]1C([O-])[C@H](NCC(=O)[O-])[C@H]([O-])C(NC(C[O-])CO)[C@@H]1[O-]. The molecule has 1 aliphatic rings. The van der Waals surface area contributed by atoms with Gasteiger partial charge in [-0.25, -0.2) is 0 Å². The molecule has 0 aromatic carbocycles. The maximum absolute atomic E-state index is 12.4. The highest BCUT2D eigenvalue weighted by Crippen LogP contribution is 2.18. The summed E-state index contributed by atoms with van der Waals surface area (Å²) in [7, 11) is 0. The lowest BCUT2D eigenvalue weighted by molar-refractivity contribution is -0.536. The molecule has 146 valence electrons. The van der Waals surface area contributed by atoms with Crippen LogP contribution in [0.3, 0.4) is 0 Å². The number of carbonyl (C=O) groups excluding carboxylic acids is 2. The molecule has 3 unspecified atom stereocenters. The molecule has 0 radical (unpaired) electrons. The molecule has 0 aromatic heterocycles. The number of carboxylic acid groups (broad SMARTS) is 2. The summed E-state index contributed by atoms with van der Waals surface area (Å²) < 4.78 is 0. The first-order valence-corrected chi connectivity index (χ1v) is 7.51. The normalized spacial score (nSPS) is 33.8. The highest BCUT2D eigenvalue weighted by molar-refractivity contribution is 5.67. The lowest BCUT2D eigenvalue weighted by atomic mass is 9.79. The molecule has 12 heteroatoms. The zero-order valence-corrected chi connectivity index (χ0v) is 13.1. The van der Waals surface area contributed by atoms with Gasteiger partial charge in [0.2, 0.25) is 0 Å². The topological polar surface area (TPSA) is 229 Å². The van der Waals surface area contributed by atoms with E-state index in [1.807, 2.05) is 0 Å². The van der Waals surface area contributed by atoms with Crippen LogP contribution < -0.4 is 46.6 Å².